The van der Waals surface area contributed by atoms with Gasteiger partial charge >= 0.3 is 0 Å². The van der Waals surface area contributed by atoms with Gasteiger partial charge in [-0.3, -0.25) is 4.79 Å². The summed E-state index contributed by atoms with van der Waals surface area (Å²) in [6.45, 7) is 0.674. The van der Waals surface area contributed by atoms with Crippen LogP contribution in [0.2, 0.25) is 0 Å². The quantitative estimate of drug-likeness (QED) is 0.107. The lowest BCUT2D eigenvalue weighted by molar-refractivity contribution is 0.104. The van der Waals surface area contributed by atoms with Gasteiger partial charge in [-0.05, 0) is 43.2 Å². The number of carbonyl (C=O) groups excluding carboxylic acids is 1. The van der Waals surface area contributed by atoms with Crippen molar-refractivity contribution in [1.82, 2.24) is 0 Å². The van der Waals surface area contributed by atoms with Crippen LogP contribution < -0.4 is 9.47 Å². The normalized spacial score (nSPS) is 11.0. The molecule has 1 heterocycles. The van der Waals surface area contributed by atoms with Crippen LogP contribution in [0.25, 0.3) is 22.3 Å². The standard InChI is InChI=1S/C29H29BrO4/c1-32-23-13-9-11-21(19-23)28(31)27-25-15-5-6-16-26(25)34-29(27)22-12-10-14-24(20-22)33-18-8-4-2-3-7-17-30/h5-6,9-16,19-20H,2-4,7-8,17-18H2,1H3. The number of rotatable bonds is 12. The molecular formula is C29H29BrO4. The molecule has 0 aliphatic carbocycles. The molecule has 0 N–H and O–H groups in total. The van der Waals surface area contributed by atoms with Gasteiger partial charge in [0.25, 0.3) is 0 Å². The minimum Gasteiger partial charge on any atom is -0.497 e. The molecule has 0 atom stereocenters. The summed E-state index contributed by atoms with van der Waals surface area (Å²) >= 11 is 3.47. The number of alkyl halides is 1. The molecule has 0 aliphatic heterocycles. The topological polar surface area (TPSA) is 48.7 Å². The highest BCUT2D eigenvalue weighted by Gasteiger charge is 2.23. The van der Waals surface area contributed by atoms with Crippen molar-refractivity contribution in [3.05, 3.63) is 83.9 Å². The lowest BCUT2D eigenvalue weighted by Gasteiger charge is -2.09. The molecule has 0 fully saturated rings. The van der Waals surface area contributed by atoms with Crippen molar-refractivity contribution in [2.24, 2.45) is 0 Å². The molecule has 5 heteroatoms. The van der Waals surface area contributed by atoms with Crippen LogP contribution in [0.5, 0.6) is 11.5 Å². The van der Waals surface area contributed by atoms with Gasteiger partial charge in [0.1, 0.15) is 22.8 Å². The van der Waals surface area contributed by atoms with E-state index >= 15 is 0 Å². The first-order chi connectivity index (χ1) is 16.7. The van der Waals surface area contributed by atoms with Gasteiger partial charge < -0.3 is 13.9 Å². The zero-order valence-corrected chi connectivity index (χ0v) is 21.0. The summed E-state index contributed by atoms with van der Waals surface area (Å²) in [5.74, 6) is 1.86. The van der Waals surface area contributed by atoms with Gasteiger partial charge in [0, 0.05) is 21.8 Å². The predicted octanol–water partition coefficient (Wildman–Crippen LogP) is 8.06. The first kappa shape index (κ1) is 24.1. The highest BCUT2D eigenvalue weighted by molar-refractivity contribution is 9.09. The molecular weight excluding hydrogens is 492 g/mol. The number of unbranched alkanes of at least 4 members (excludes halogenated alkanes) is 4. The third-order valence-corrected chi connectivity index (χ3v) is 6.36. The molecule has 0 amide bonds. The summed E-state index contributed by atoms with van der Waals surface area (Å²) in [6, 6.07) is 22.6. The average molecular weight is 521 g/mol. The molecule has 0 radical (unpaired) electrons. The van der Waals surface area contributed by atoms with Crippen LogP contribution in [0.4, 0.5) is 0 Å². The van der Waals surface area contributed by atoms with Gasteiger partial charge in [-0.2, -0.15) is 0 Å². The van der Waals surface area contributed by atoms with Crippen molar-refractivity contribution >= 4 is 32.7 Å². The van der Waals surface area contributed by atoms with Crippen LogP contribution in [0.3, 0.4) is 0 Å². The maximum absolute atomic E-state index is 13.6. The van der Waals surface area contributed by atoms with E-state index in [1.807, 2.05) is 60.7 Å². The van der Waals surface area contributed by atoms with Gasteiger partial charge in [0.2, 0.25) is 0 Å². The Labute approximate surface area is 209 Å². The Morgan fingerprint density at radius 2 is 1.62 bits per heavy atom. The number of hydrogen-bond donors (Lipinski definition) is 0. The Balaban J connectivity index is 1.60. The van der Waals surface area contributed by atoms with Crippen LogP contribution in [-0.2, 0) is 0 Å². The minimum atomic E-state index is -0.103. The summed E-state index contributed by atoms with van der Waals surface area (Å²) in [5, 5.41) is 1.86. The number of furan rings is 1. The van der Waals surface area contributed by atoms with E-state index in [4.69, 9.17) is 13.9 Å². The smallest absolute Gasteiger partial charge is 0.197 e. The number of hydrogen-bond acceptors (Lipinski definition) is 4. The summed E-state index contributed by atoms with van der Waals surface area (Å²) in [5.41, 5.74) is 2.60. The van der Waals surface area contributed by atoms with E-state index in [9.17, 15) is 4.79 Å². The van der Waals surface area contributed by atoms with Gasteiger partial charge in [0.05, 0.1) is 19.3 Å². The van der Waals surface area contributed by atoms with E-state index in [1.165, 1.54) is 19.3 Å². The van der Waals surface area contributed by atoms with E-state index in [0.29, 0.717) is 34.8 Å². The number of halogens is 1. The molecule has 176 valence electrons. The lowest BCUT2D eigenvalue weighted by Crippen LogP contribution is -2.03. The van der Waals surface area contributed by atoms with Gasteiger partial charge in [-0.15, -0.1) is 0 Å². The number of ether oxygens (including phenoxy) is 2. The maximum atomic E-state index is 13.6. The minimum absolute atomic E-state index is 0.103. The molecule has 0 unspecified atom stereocenters. The Morgan fingerprint density at radius 1 is 0.853 bits per heavy atom. The van der Waals surface area contributed by atoms with Crippen LogP contribution in [-0.4, -0.2) is 24.8 Å². The SMILES string of the molecule is COc1cccc(C(=O)c2c(-c3cccc(OCCCCCCCBr)c3)oc3ccccc23)c1. The van der Waals surface area contributed by atoms with E-state index < -0.39 is 0 Å². The second-order valence-corrected chi connectivity index (χ2v) is 8.99. The fourth-order valence-corrected chi connectivity index (χ4v) is 4.42. The molecule has 0 saturated heterocycles. The third-order valence-electron chi connectivity index (χ3n) is 5.80. The molecule has 3 aromatic carbocycles. The van der Waals surface area contributed by atoms with Crippen LogP contribution in [0.15, 0.2) is 77.2 Å². The first-order valence-electron chi connectivity index (χ1n) is 11.7. The molecule has 34 heavy (non-hydrogen) atoms. The van der Waals surface area contributed by atoms with Gasteiger partial charge in [-0.1, -0.05) is 77.7 Å². The van der Waals surface area contributed by atoms with Crippen molar-refractivity contribution in [3.8, 4) is 22.8 Å². The molecule has 1 aromatic heterocycles. The predicted molar refractivity (Wildman–Crippen MR) is 140 cm³/mol. The van der Waals surface area contributed by atoms with Crippen molar-refractivity contribution < 1.29 is 18.7 Å². The zero-order chi connectivity index (χ0) is 23.8. The fourth-order valence-electron chi connectivity index (χ4n) is 4.03. The van der Waals surface area contributed by atoms with Gasteiger partial charge in [0.15, 0.2) is 5.78 Å². The van der Waals surface area contributed by atoms with Crippen LogP contribution >= 0.6 is 15.9 Å². The number of benzene rings is 3. The van der Waals surface area contributed by atoms with Crippen LogP contribution in [0.1, 0.15) is 48.0 Å². The van der Waals surface area contributed by atoms with E-state index in [2.05, 4.69) is 15.9 Å². The Hall–Kier alpha value is -3.05. The Morgan fingerprint density at radius 3 is 2.47 bits per heavy atom. The van der Waals surface area contributed by atoms with Crippen molar-refractivity contribution in [3.63, 3.8) is 0 Å². The number of ketones is 1. The van der Waals surface area contributed by atoms with Crippen molar-refractivity contribution in [2.45, 2.75) is 32.1 Å². The third kappa shape index (κ3) is 5.71. The highest BCUT2D eigenvalue weighted by atomic mass is 79.9. The summed E-state index contributed by atoms with van der Waals surface area (Å²) in [6.07, 6.45) is 5.88. The lowest BCUT2D eigenvalue weighted by atomic mass is 9.97. The highest BCUT2D eigenvalue weighted by Crippen LogP contribution is 2.36. The van der Waals surface area contributed by atoms with Crippen LogP contribution in [0, 0.1) is 0 Å². The second kappa shape index (κ2) is 11.9. The van der Waals surface area contributed by atoms with Crippen molar-refractivity contribution in [1.29, 1.82) is 0 Å². The summed E-state index contributed by atoms with van der Waals surface area (Å²) < 4.78 is 17.5. The molecule has 0 saturated carbocycles. The molecule has 4 nitrogen and oxygen atoms in total. The molecule has 0 spiro atoms. The number of fused-ring (bicyclic) bond motifs is 1. The number of methoxy groups -OCH3 is 1. The van der Waals surface area contributed by atoms with E-state index in [1.54, 1.807) is 19.2 Å². The fraction of sp³-hybridized carbons (Fsp3) is 0.276. The first-order valence-corrected chi connectivity index (χ1v) is 12.8. The zero-order valence-electron chi connectivity index (χ0n) is 19.4. The molecule has 0 bridgehead atoms. The van der Waals surface area contributed by atoms with E-state index in [0.717, 1.165) is 34.9 Å². The Kier molecular flexibility index (Phi) is 8.42. The second-order valence-electron chi connectivity index (χ2n) is 8.20. The molecule has 0 aliphatic rings. The van der Waals surface area contributed by atoms with Crippen molar-refractivity contribution in [2.75, 3.05) is 19.0 Å². The number of para-hydroxylation sites is 1. The number of carbonyl (C=O) groups is 1. The maximum Gasteiger partial charge on any atom is 0.197 e. The largest absolute Gasteiger partial charge is 0.497 e. The Bertz CT molecular complexity index is 1240. The van der Waals surface area contributed by atoms with E-state index in [-0.39, 0.29) is 5.78 Å². The summed E-state index contributed by atoms with van der Waals surface area (Å²) in [7, 11) is 1.59. The molecule has 4 rings (SSSR count). The average Bonchev–Trinajstić information content (AvgIpc) is 3.27. The molecule has 4 aromatic rings. The van der Waals surface area contributed by atoms with Gasteiger partial charge in [-0.25, -0.2) is 0 Å². The summed E-state index contributed by atoms with van der Waals surface area (Å²) in [4.78, 5) is 13.6. The monoisotopic (exact) mass is 520 g/mol.